The third kappa shape index (κ3) is 6.60. The molecule has 0 amide bonds. The molecule has 0 aromatic rings. The normalized spacial score (nSPS) is 27.8. The van der Waals surface area contributed by atoms with E-state index in [0.717, 1.165) is 18.6 Å². The van der Waals surface area contributed by atoms with Crippen LogP contribution in [0.15, 0.2) is 4.99 Å². The number of aliphatic hydroxyl groups excluding tert-OH is 1. The Balaban J connectivity index is 1.97. The van der Waals surface area contributed by atoms with Crippen LogP contribution in [0, 0.1) is 0 Å². The summed E-state index contributed by atoms with van der Waals surface area (Å²) in [6, 6.07) is -0.304. The Morgan fingerprint density at radius 1 is 1.10 bits per heavy atom. The summed E-state index contributed by atoms with van der Waals surface area (Å²) in [6.45, 7) is 17.5. The number of fused-ring (bicyclic) bond motifs is 1. The van der Waals surface area contributed by atoms with E-state index in [9.17, 15) is 5.11 Å². The molecule has 2 aliphatic heterocycles. The van der Waals surface area contributed by atoms with Gasteiger partial charge in [-0.2, -0.15) is 0 Å². The van der Waals surface area contributed by atoms with Gasteiger partial charge in [-0.05, 0) is 44.8 Å². The summed E-state index contributed by atoms with van der Waals surface area (Å²) in [5.74, 6) is -0.629. The molecule has 6 heteroatoms. The number of hydrogen-bond acceptors (Lipinski definition) is 5. The van der Waals surface area contributed by atoms with Crippen LogP contribution in [0.5, 0.6) is 0 Å². The third-order valence-electron chi connectivity index (χ3n) is 6.71. The summed E-state index contributed by atoms with van der Waals surface area (Å²) in [7, 11) is -1.92. The van der Waals surface area contributed by atoms with Gasteiger partial charge in [-0.15, -0.1) is 0 Å². The molecule has 0 radical (unpaired) electrons. The molecule has 170 valence electrons. The summed E-state index contributed by atoms with van der Waals surface area (Å²) < 4.78 is 18.6. The molecule has 5 nitrogen and oxygen atoms in total. The maximum Gasteiger partial charge on any atom is 0.192 e. The molecule has 2 heterocycles. The molecular formula is C23H45NO4Si. The molecule has 1 saturated heterocycles. The summed E-state index contributed by atoms with van der Waals surface area (Å²) >= 11 is 0. The topological polar surface area (TPSA) is 60.3 Å². The molecule has 2 rings (SSSR count). The van der Waals surface area contributed by atoms with E-state index >= 15 is 0 Å². The van der Waals surface area contributed by atoms with Gasteiger partial charge in [0.05, 0.1) is 6.61 Å². The van der Waals surface area contributed by atoms with Crippen molar-refractivity contribution in [1.82, 2.24) is 0 Å². The van der Waals surface area contributed by atoms with Gasteiger partial charge in [0.15, 0.2) is 14.1 Å². The first-order valence-corrected chi connectivity index (χ1v) is 14.5. The highest BCUT2D eigenvalue weighted by Gasteiger charge is 2.53. The van der Waals surface area contributed by atoms with E-state index < -0.39 is 20.2 Å². The molecule has 0 aliphatic carbocycles. The monoisotopic (exact) mass is 427 g/mol. The summed E-state index contributed by atoms with van der Waals surface area (Å²) in [4.78, 5) is 4.89. The van der Waals surface area contributed by atoms with E-state index in [1.54, 1.807) is 0 Å². The minimum Gasteiger partial charge on any atom is -0.414 e. The summed E-state index contributed by atoms with van der Waals surface area (Å²) in [5, 5.41) is 11.1. The van der Waals surface area contributed by atoms with Gasteiger partial charge in [0.1, 0.15) is 24.4 Å². The van der Waals surface area contributed by atoms with E-state index in [1.807, 2.05) is 13.8 Å². The van der Waals surface area contributed by atoms with Gasteiger partial charge < -0.3 is 19.0 Å². The van der Waals surface area contributed by atoms with E-state index in [0.29, 0.717) is 6.61 Å². The summed E-state index contributed by atoms with van der Waals surface area (Å²) in [5.41, 5.74) is 1.06. The average Bonchev–Trinajstić information content (AvgIpc) is 3.08. The van der Waals surface area contributed by atoms with E-state index in [4.69, 9.17) is 18.9 Å². The van der Waals surface area contributed by atoms with Crippen molar-refractivity contribution in [3.05, 3.63) is 0 Å². The van der Waals surface area contributed by atoms with Gasteiger partial charge in [0.25, 0.3) is 0 Å². The molecule has 0 saturated carbocycles. The minimum atomic E-state index is -1.92. The first-order valence-electron chi connectivity index (χ1n) is 11.6. The zero-order valence-corrected chi connectivity index (χ0v) is 21.1. The van der Waals surface area contributed by atoms with Crippen LogP contribution >= 0.6 is 0 Å². The Labute approximate surface area is 179 Å². The molecule has 2 aliphatic rings. The largest absolute Gasteiger partial charge is 0.414 e. The Morgan fingerprint density at radius 2 is 1.72 bits per heavy atom. The van der Waals surface area contributed by atoms with E-state index in [-0.39, 0.29) is 23.3 Å². The second-order valence-electron chi connectivity index (χ2n) is 10.8. The highest BCUT2D eigenvalue weighted by Crippen LogP contribution is 2.39. The number of aliphatic imine (C=N–C) groups is 1. The van der Waals surface area contributed by atoms with Crippen molar-refractivity contribution in [2.45, 2.75) is 135 Å². The van der Waals surface area contributed by atoms with Crippen molar-refractivity contribution in [1.29, 1.82) is 0 Å². The second kappa shape index (κ2) is 9.90. The number of hydrogen-bond donors (Lipinski definition) is 1. The van der Waals surface area contributed by atoms with Crippen molar-refractivity contribution < 1.29 is 19.0 Å². The van der Waals surface area contributed by atoms with Gasteiger partial charge in [0.2, 0.25) is 0 Å². The highest BCUT2D eigenvalue weighted by atomic mass is 28.4. The molecule has 0 aromatic heterocycles. The van der Waals surface area contributed by atoms with Crippen molar-refractivity contribution in [2.24, 2.45) is 4.99 Å². The molecule has 1 fully saturated rings. The van der Waals surface area contributed by atoms with Crippen molar-refractivity contribution in [3.63, 3.8) is 0 Å². The van der Waals surface area contributed by atoms with E-state index in [2.05, 4.69) is 40.8 Å². The van der Waals surface area contributed by atoms with E-state index in [1.165, 1.54) is 32.1 Å². The number of nitrogens with zero attached hydrogens (tertiary/aromatic N) is 1. The number of ether oxygens (including phenoxy) is 2. The molecule has 0 bridgehead atoms. The molecule has 1 N–H and O–H groups in total. The lowest BCUT2D eigenvalue weighted by Crippen LogP contribution is -2.46. The predicted octanol–water partition coefficient (Wildman–Crippen LogP) is 5.46. The molecular weight excluding hydrogens is 382 g/mol. The lowest BCUT2D eigenvalue weighted by molar-refractivity contribution is -0.148. The predicted molar refractivity (Wildman–Crippen MR) is 122 cm³/mol. The highest BCUT2D eigenvalue weighted by molar-refractivity contribution is 6.74. The Morgan fingerprint density at radius 3 is 2.34 bits per heavy atom. The fourth-order valence-electron chi connectivity index (χ4n) is 3.84. The molecule has 0 unspecified atom stereocenters. The Hall–Kier alpha value is -0.273. The smallest absolute Gasteiger partial charge is 0.192 e. The summed E-state index contributed by atoms with van der Waals surface area (Å²) in [6.07, 6.45) is 7.45. The van der Waals surface area contributed by atoms with Crippen LogP contribution in [0.1, 0.15) is 86.5 Å². The molecule has 29 heavy (non-hydrogen) atoms. The van der Waals surface area contributed by atoms with Crippen molar-refractivity contribution in [3.8, 4) is 0 Å². The Kier molecular flexibility index (Phi) is 8.53. The third-order valence-corrected chi connectivity index (χ3v) is 11.2. The van der Waals surface area contributed by atoms with Crippen LogP contribution in [-0.2, 0) is 13.9 Å². The minimum absolute atomic E-state index is 0.117. The lowest BCUT2D eigenvalue weighted by atomic mass is 10.0. The van der Waals surface area contributed by atoms with Crippen LogP contribution in [0.25, 0.3) is 0 Å². The first kappa shape index (κ1) is 25.0. The van der Waals surface area contributed by atoms with Gasteiger partial charge in [-0.3, -0.25) is 4.99 Å². The van der Waals surface area contributed by atoms with Crippen molar-refractivity contribution >= 4 is 14.0 Å². The second-order valence-corrected chi connectivity index (χ2v) is 15.6. The van der Waals surface area contributed by atoms with Crippen LogP contribution in [0.2, 0.25) is 18.1 Å². The molecule has 0 spiro atoms. The fraction of sp³-hybridized carbons (Fsp3) is 0.957. The van der Waals surface area contributed by atoms with Crippen LogP contribution in [0.3, 0.4) is 0 Å². The van der Waals surface area contributed by atoms with Crippen LogP contribution < -0.4 is 0 Å². The molecule has 4 atom stereocenters. The number of aliphatic hydroxyl groups is 1. The Bertz CT molecular complexity index is 556. The average molecular weight is 428 g/mol. The zero-order valence-electron chi connectivity index (χ0n) is 20.1. The van der Waals surface area contributed by atoms with Crippen LogP contribution in [0.4, 0.5) is 0 Å². The maximum atomic E-state index is 10.9. The zero-order chi connectivity index (χ0) is 21.9. The first-order chi connectivity index (χ1) is 13.4. The number of unbranched alkanes of at least 4 members (excludes halogenated alkanes) is 5. The molecule has 0 aromatic carbocycles. The SMILES string of the molecule is CCCCCCCCC1=N[C@@H]([C@@H](O)CO[Si](C)(C)C(C)(C)C)[C@@H]2OC(C)(C)O[C@H]12. The van der Waals surface area contributed by atoms with Gasteiger partial charge in [0, 0.05) is 5.71 Å². The quantitative estimate of drug-likeness (QED) is 0.351. The van der Waals surface area contributed by atoms with Gasteiger partial charge in [-0.1, -0.05) is 59.8 Å². The number of rotatable bonds is 11. The lowest BCUT2D eigenvalue weighted by Gasteiger charge is -2.37. The van der Waals surface area contributed by atoms with Crippen LogP contribution in [-0.4, -0.2) is 55.9 Å². The van der Waals surface area contributed by atoms with Crippen molar-refractivity contribution in [2.75, 3.05) is 6.61 Å². The maximum absolute atomic E-state index is 10.9. The standard InChI is InChI=1S/C23H45NO4Si/c1-9-10-11-12-13-14-15-17-20-21(28-23(5,6)27-20)19(24-17)18(25)16-26-29(7,8)22(2,3)4/h18-21,25H,9-16H2,1-8H3/t18-,19-,20+,21-/m0/s1. The van der Waals surface area contributed by atoms with Gasteiger partial charge >= 0.3 is 0 Å². The van der Waals surface area contributed by atoms with Gasteiger partial charge in [-0.25, -0.2) is 0 Å². The fourth-order valence-corrected chi connectivity index (χ4v) is 4.86.